The van der Waals surface area contributed by atoms with Gasteiger partial charge >= 0.3 is 0 Å². The molecule has 0 saturated carbocycles. The van der Waals surface area contributed by atoms with E-state index in [2.05, 4.69) is 28.4 Å². The molecule has 0 bridgehead atoms. The summed E-state index contributed by atoms with van der Waals surface area (Å²) in [6, 6.07) is 14.1. The van der Waals surface area contributed by atoms with E-state index in [9.17, 15) is 4.79 Å². The first-order valence-corrected chi connectivity index (χ1v) is 7.53. The van der Waals surface area contributed by atoms with Crippen LogP contribution in [-0.2, 0) is 13.1 Å². The number of hydrogen-bond acceptors (Lipinski definition) is 2. The Kier molecular flexibility index (Phi) is 5.34. The highest BCUT2D eigenvalue weighted by Gasteiger charge is 2.08. The molecule has 116 valence electrons. The second kappa shape index (κ2) is 7.23. The zero-order valence-corrected chi connectivity index (χ0v) is 13.8. The number of carbonyl (C=O) groups excluding carboxylic acids is 1. The molecule has 0 saturated heterocycles. The lowest BCUT2D eigenvalue weighted by atomic mass is 10.1. The molecule has 0 atom stereocenters. The molecule has 3 nitrogen and oxygen atoms in total. The lowest BCUT2D eigenvalue weighted by molar-refractivity contribution is 0.0950. The van der Waals surface area contributed by atoms with Crippen LogP contribution in [0.15, 0.2) is 42.5 Å². The lowest BCUT2D eigenvalue weighted by Gasteiger charge is -2.15. The van der Waals surface area contributed by atoms with Crippen molar-refractivity contribution in [3.8, 4) is 0 Å². The smallest absolute Gasteiger partial charge is 0.251 e. The summed E-state index contributed by atoms with van der Waals surface area (Å²) in [5.74, 6) is -0.0218. The Morgan fingerprint density at radius 1 is 1.00 bits per heavy atom. The molecule has 0 aromatic heterocycles. The number of nitrogens with one attached hydrogen (secondary N) is 1. The third-order valence-electron chi connectivity index (χ3n) is 3.53. The van der Waals surface area contributed by atoms with Crippen LogP contribution in [0.3, 0.4) is 0 Å². The van der Waals surface area contributed by atoms with Crippen molar-refractivity contribution in [1.29, 1.82) is 0 Å². The van der Waals surface area contributed by atoms with Gasteiger partial charge in [-0.05, 0) is 51.2 Å². The highest BCUT2D eigenvalue weighted by molar-refractivity contribution is 5.94. The maximum atomic E-state index is 12.3. The predicted molar refractivity (Wildman–Crippen MR) is 90.9 cm³/mol. The maximum absolute atomic E-state index is 12.3. The highest BCUT2D eigenvalue weighted by atomic mass is 16.1. The van der Waals surface area contributed by atoms with Gasteiger partial charge in [0, 0.05) is 18.7 Å². The topological polar surface area (TPSA) is 32.3 Å². The second-order valence-electron chi connectivity index (χ2n) is 6.07. The van der Waals surface area contributed by atoms with Crippen molar-refractivity contribution >= 4 is 5.91 Å². The molecule has 0 fully saturated rings. The molecule has 2 aromatic rings. The van der Waals surface area contributed by atoms with E-state index in [1.165, 1.54) is 5.56 Å². The minimum Gasteiger partial charge on any atom is -0.348 e. The number of nitrogens with zero attached hydrogens (tertiary/aromatic N) is 1. The van der Waals surface area contributed by atoms with Crippen LogP contribution in [0.1, 0.15) is 32.6 Å². The third-order valence-corrected chi connectivity index (χ3v) is 3.53. The first kappa shape index (κ1) is 16.2. The fraction of sp³-hybridized carbons (Fsp3) is 0.316. The minimum atomic E-state index is -0.0218. The van der Waals surface area contributed by atoms with E-state index in [0.29, 0.717) is 6.54 Å². The maximum Gasteiger partial charge on any atom is 0.251 e. The molecule has 0 spiro atoms. The first-order chi connectivity index (χ1) is 10.5. The highest BCUT2D eigenvalue weighted by Crippen LogP contribution is 2.12. The molecule has 1 N–H and O–H groups in total. The summed E-state index contributed by atoms with van der Waals surface area (Å²) in [7, 11) is 4.09. The largest absolute Gasteiger partial charge is 0.348 e. The molecule has 22 heavy (non-hydrogen) atoms. The van der Waals surface area contributed by atoms with Gasteiger partial charge in [-0.1, -0.05) is 41.5 Å². The van der Waals surface area contributed by atoms with E-state index < -0.39 is 0 Å². The minimum absolute atomic E-state index is 0.0218. The summed E-state index contributed by atoms with van der Waals surface area (Å²) in [5.41, 5.74) is 5.35. The third kappa shape index (κ3) is 4.43. The summed E-state index contributed by atoms with van der Waals surface area (Å²) in [6.45, 7) is 5.44. The zero-order chi connectivity index (χ0) is 16.1. The van der Waals surface area contributed by atoms with Gasteiger partial charge in [0.15, 0.2) is 0 Å². The van der Waals surface area contributed by atoms with Crippen LogP contribution in [0.25, 0.3) is 0 Å². The summed E-state index contributed by atoms with van der Waals surface area (Å²) < 4.78 is 0. The lowest BCUT2D eigenvalue weighted by Crippen LogP contribution is -2.24. The van der Waals surface area contributed by atoms with Crippen LogP contribution in [0.5, 0.6) is 0 Å². The number of hydrogen-bond donors (Lipinski definition) is 1. The van der Waals surface area contributed by atoms with E-state index in [1.807, 2.05) is 52.2 Å². The SMILES string of the molecule is Cc1cc(C)cc(C(=O)NCc2ccccc2CN(C)C)c1. The Morgan fingerprint density at radius 3 is 2.18 bits per heavy atom. The van der Waals surface area contributed by atoms with Crippen LogP contribution >= 0.6 is 0 Å². The quantitative estimate of drug-likeness (QED) is 0.918. The van der Waals surface area contributed by atoms with Crippen molar-refractivity contribution in [3.63, 3.8) is 0 Å². The Hall–Kier alpha value is -2.13. The molecule has 3 heteroatoms. The van der Waals surface area contributed by atoms with E-state index in [0.717, 1.165) is 28.8 Å². The molecular formula is C19H24N2O. The van der Waals surface area contributed by atoms with Crippen molar-refractivity contribution in [1.82, 2.24) is 10.2 Å². The summed E-state index contributed by atoms with van der Waals surface area (Å²) in [5, 5.41) is 3.03. The van der Waals surface area contributed by atoms with Crippen LogP contribution < -0.4 is 5.32 Å². The summed E-state index contributed by atoms with van der Waals surface area (Å²) in [4.78, 5) is 14.5. The molecule has 2 rings (SSSR count). The molecule has 0 aliphatic carbocycles. The van der Waals surface area contributed by atoms with Crippen molar-refractivity contribution in [2.75, 3.05) is 14.1 Å². The van der Waals surface area contributed by atoms with Crippen LogP contribution in [0.2, 0.25) is 0 Å². The van der Waals surface area contributed by atoms with Gasteiger partial charge in [-0.2, -0.15) is 0 Å². The monoisotopic (exact) mass is 296 g/mol. The van der Waals surface area contributed by atoms with Crippen molar-refractivity contribution in [3.05, 3.63) is 70.3 Å². The van der Waals surface area contributed by atoms with Crippen molar-refractivity contribution < 1.29 is 4.79 Å². The number of carbonyl (C=O) groups is 1. The molecule has 0 heterocycles. The van der Waals surface area contributed by atoms with E-state index in [4.69, 9.17) is 0 Å². The van der Waals surface area contributed by atoms with Gasteiger partial charge in [-0.25, -0.2) is 0 Å². The first-order valence-electron chi connectivity index (χ1n) is 7.53. The van der Waals surface area contributed by atoms with Gasteiger partial charge in [0.25, 0.3) is 5.91 Å². The fourth-order valence-electron chi connectivity index (χ4n) is 2.61. The van der Waals surface area contributed by atoms with Gasteiger partial charge in [-0.15, -0.1) is 0 Å². The Morgan fingerprint density at radius 2 is 1.59 bits per heavy atom. The molecule has 1 amide bonds. The van der Waals surface area contributed by atoms with E-state index in [-0.39, 0.29) is 5.91 Å². The van der Waals surface area contributed by atoms with Gasteiger partial charge in [0.2, 0.25) is 0 Å². The predicted octanol–water partition coefficient (Wildman–Crippen LogP) is 3.30. The van der Waals surface area contributed by atoms with Crippen LogP contribution in [-0.4, -0.2) is 24.9 Å². The van der Waals surface area contributed by atoms with E-state index in [1.54, 1.807) is 0 Å². The van der Waals surface area contributed by atoms with Crippen LogP contribution in [0, 0.1) is 13.8 Å². The Labute approximate surface area is 133 Å². The average Bonchev–Trinajstić information content (AvgIpc) is 2.44. The Balaban J connectivity index is 2.08. The zero-order valence-electron chi connectivity index (χ0n) is 13.8. The van der Waals surface area contributed by atoms with E-state index >= 15 is 0 Å². The molecule has 0 aliphatic rings. The normalized spacial score (nSPS) is 10.8. The number of amides is 1. The van der Waals surface area contributed by atoms with Gasteiger partial charge in [-0.3, -0.25) is 4.79 Å². The van der Waals surface area contributed by atoms with Crippen LogP contribution in [0.4, 0.5) is 0 Å². The van der Waals surface area contributed by atoms with Gasteiger partial charge < -0.3 is 10.2 Å². The number of benzene rings is 2. The Bertz CT molecular complexity index is 642. The summed E-state index contributed by atoms with van der Waals surface area (Å²) in [6.07, 6.45) is 0. The fourth-order valence-corrected chi connectivity index (χ4v) is 2.61. The molecule has 0 radical (unpaired) electrons. The van der Waals surface area contributed by atoms with Crippen molar-refractivity contribution in [2.24, 2.45) is 0 Å². The second-order valence-corrected chi connectivity index (χ2v) is 6.07. The van der Waals surface area contributed by atoms with Gasteiger partial charge in [0.05, 0.1) is 0 Å². The summed E-state index contributed by atoms with van der Waals surface area (Å²) >= 11 is 0. The number of aryl methyl sites for hydroxylation is 2. The molecular weight excluding hydrogens is 272 g/mol. The van der Waals surface area contributed by atoms with Gasteiger partial charge in [0.1, 0.15) is 0 Å². The molecule has 2 aromatic carbocycles. The average molecular weight is 296 g/mol. The van der Waals surface area contributed by atoms with Crippen molar-refractivity contribution in [2.45, 2.75) is 26.9 Å². The standard InChI is InChI=1S/C19H24N2O/c1-14-9-15(2)11-18(10-14)19(22)20-12-16-7-5-6-8-17(16)13-21(3)4/h5-11H,12-13H2,1-4H3,(H,20,22). The number of rotatable bonds is 5. The molecule has 0 aliphatic heterocycles. The molecule has 0 unspecified atom stereocenters.